The molecule has 2 N–H and O–H groups in total. The third kappa shape index (κ3) is 4.72. The minimum absolute atomic E-state index is 0.0113. The molecule has 1 aromatic heterocycles. The smallest absolute Gasteiger partial charge is 0.287 e. The van der Waals surface area contributed by atoms with Crippen LogP contribution in [0.25, 0.3) is 0 Å². The molecule has 2 amide bonds. The van der Waals surface area contributed by atoms with Crippen LogP contribution in [0.5, 0.6) is 0 Å². The van der Waals surface area contributed by atoms with E-state index >= 15 is 0 Å². The van der Waals surface area contributed by atoms with Gasteiger partial charge in [-0.1, -0.05) is 50.6 Å². The summed E-state index contributed by atoms with van der Waals surface area (Å²) < 4.78 is 5.02. The summed E-state index contributed by atoms with van der Waals surface area (Å²) in [5.41, 5.74) is 1.02. The predicted molar refractivity (Wildman–Crippen MR) is 92.7 cm³/mol. The third-order valence-corrected chi connectivity index (χ3v) is 4.11. The molecule has 0 fully saturated rings. The lowest BCUT2D eigenvalue weighted by molar-refractivity contribution is -0.123. The van der Waals surface area contributed by atoms with Gasteiger partial charge in [0.25, 0.3) is 5.91 Å². The van der Waals surface area contributed by atoms with Crippen LogP contribution in [0.4, 0.5) is 0 Å². The van der Waals surface area contributed by atoms with Crippen molar-refractivity contribution in [3.8, 4) is 0 Å². The molecule has 1 aromatic carbocycles. The lowest BCUT2D eigenvalue weighted by atomic mass is 9.85. The highest BCUT2D eigenvalue weighted by Gasteiger charge is 2.25. The normalized spacial score (nSPS) is 13.1. The minimum Gasteiger partial charge on any atom is -0.459 e. The Morgan fingerprint density at radius 1 is 1.04 bits per heavy atom. The van der Waals surface area contributed by atoms with E-state index in [2.05, 4.69) is 24.5 Å². The molecule has 0 bridgehead atoms. The van der Waals surface area contributed by atoms with Gasteiger partial charge >= 0.3 is 0 Å². The van der Waals surface area contributed by atoms with Crippen molar-refractivity contribution in [1.29, 1.82) is 0 Å². The first-order valence-corrected chi connectivity index (χ1v) is 8.27. The molecule has 128 valence electrons. The number of amides is 2. The number of hydrogen-bond acceptors (Lipinski definition) is 3. The summed E-state index contributed by atoms with van der Waals surface area (Å²) in [6.07, 6.45) is 2.37. The van der Waals surface area contributed by atoms with E-state index in [0.29, 0.717) is 13.1 Å². The zero-order valence-corrected chi connectivity index (χ0v) is 14.1. The molecule has 0 unspecified atom stereocenters. The first-order valence-electron chi connectivity index (χ1n) is 8.27. The zero-order valence-electron chi connectivity index (χ0n) is 14.1. The van der Waals surface area contributed by atoms with Gasteiger partial charge in [-0.25, -0.2) is 0 Å². The van der Waals surface area contributed by atoms with Crippen molar-refractivity contribution in [1.82, 2.24) is 10.6 Å². The van der Waals surface area contributed by atoms with Gasteiger partial charge in [-0.15, -0.1) is 0 Å². The topological polar surface area (TPSA) is 71.3 Å². The number of rotatable bonds is 8. The maximum Gasteiger partial charge on any atom is 0.287 e. The van der Waals surface area contributed by atoms with Crippen LogP contribution in [0.15, 0.2) is 53.1 Å². The molecule has 0 aliphatic carbocycles. The monoisotopic (exact) mass is 328 g/mol. The van der Waals surface area contributed by atoms with Crippen LogP contribution in [0.2, 0.25) is 0 Å². The Morgan fingerprint density at radius 3 is 2.38 bits per heavy atom. The van der Waals surface area contributed by atoms with Gasteiger partial charge in [-0.3, -0.25) is 9.59 Å². The maximum absolute atomic E-state index is 12.6. The van der Waals surface area contributed by atoms with Gasteiger partial charge in [0.2, 0.25) is 5.91 Å². The molecule has 5 heteroatoms. The summed E-state index contributed by atoms with van der Waals surface area (Å²) in [7, 11) is 0. The van der Waals surface area contributed by atoms with E-state index in [1.54, 1.807) is 12.1 Å². The second-order valence-electron chi connectivity index (χ2n) is 5.80. The van der Waals surface area contributed by atoms with Gasteiger partial charge in [0.05, 0.1) is 12.2 Å². The molecule has 24 heavy (non-hydrogen) atoms. The molecule has 0 aliphatic heterocycles. The number of furan rings is 1. The first kappa shape index (κ1) is 17.8. The first-order chi connectivity index (χ1) is 11.6. The van der Waals surface area contributed by atoms with Crippen LogP contribution in [0.3, 0.4) is 0 Å². The maximum atomic E-state index is 12.6. The second-order valence-corrected chi connectivity index (χ2v) is 5.80. The Hall–Kier alpha value is -2.56. The summed E-state index contributed by atoms with van der Waals surface area (Å²) >= 11 is 0. The summed E-state index contributed by atoms with van der Waals surface area (Å²) in [6, 6.07) is 13.1. The highest BCUT2D eigenvalue weighted by atomic mass is 16.3. The standard InChI is InChI=1S/C19H24N2O3/c1-3-14(2)17(15-8-5-4-6-9-15)19(23)21-12-11-20-18(22)16-10-7-13-24-16/h4-10,13-14,17H,3,11-12H2,1-2H3,(H,20,22)(H,21,23)/t14-,17+/m0/s1. The Balaban J connectivity index is 1.86. The summed E-state index contributed by atoms with van der Waals surface area (Å²) in [5, 5.41) is 5.63. The number of benzene rings is 1. The summed E-state index contributed by atoms with van der Waals surface area (Å²) in [6.45, 7) is 4.89. The highest BCUT2D eigenvalue weighted by Crippen LogP contribution is 2.26. The Kier molecular flexibility index (Phi) is 6.61. The zero-order chi connectivity index (χ0) is 17.4. The van der Waals surface area contributed by atoms with E-state index in [9.17, 15) is 9.59 Å². The van der Waals surface area contributed by atoms with Gasteiger partial charge in [-0.05, 0) is 23.6 Å². The lowest BCUT2D eigenvalue weighted by Crippen LogP contribution is -2.38. The van der Waals surface area contributed by atoms with Crippen LogP contribution < -0.4 is 10.6 Å². The largest absolute Gasteiger partial charge is 0.459 e. The van der Waals surface area contributed by atoms with Crippen molar-refractivity contribution in [3.63, 3.8) is 0 Å². The van der Waals surface area contributed by atoms with Crippen molar-refractivity contribution in [2.75, 3.05) is 13.1 Å². The quantitative estimate of drug-likeness (QED) is 0.732. The van der Waals surface area contributed by atoms with Crippen LogP contribution in [-0.4, -0.2) is 24.9 Å². The molecule has 0 spiro atoms. The van der Waals surface area contributed by atoms with E-state index in [1.165, 1.54) is 6.26 Å². The van der Waals surface area contributed by atoms with Crippen LogP contribution in [0, 0.1) is 5.92 Å². The summed E-state index contributed by atoms with van der Waals surface area (Å²) in [5.74, 6) is 0.0313. The Labute approximate surface area is 142 Å². The highest BCUT2D eigenvalue weighted by molar-refractivity contribution is 5.91. The number of carbonyl (C=O) groups excluding carboxylic acids is 2. The SMILES string of the molecule is CC[C@H](C)[C@@H](C(=O)NCCNC(=O)c1ccco1)c1ccccc1. The van der Waals surface area contributed by atoms with E-state index in [0.717, 1.165) is 12.0 Å². The van der Waals surface area contributed by atoms with E-state index < -0.39 is 0 Å². The van der Waals surface area contributed by atoms with Gasteiger partial charge < -0.3 is 15.1 Å². The molecule has 1 heterocycles. The van der Waals surface area contributed by atoms with Crippen molar-refractivity contribution in [3.05, 3.63) is 60.1 Å². The van der Waals surface area contributed by atoms with Crippen LogP contribution >= 0.6 is 0 Å². The van der Waals surface area contributed by atoms with Gasteiger partial charge in [-0.2, -0.15) is 0 Å². The van der Waals surface area contributed by atoms with Crippen molar-refractivity contribution >= 4 is 11.8 Å². The second kappa shape index (κ2) is 8.91. The fourth-order valence-corrected chi connectivity index (χ4v) is 2.60. The van der Waals surface area contributed by atoms with Crippen molar-refractivity contribution in [2.24, 2.45) is 5.92 Å². The number of nitrogens with one attached hydrogen (secondary N) is 2. The van der Waals surface area contributed by atoms with E-state index in [4.69, 9.17) is 4.42 Å². The summed E-state index contributed by atoms with van der Waals surface area (Å²) in [4.78, 5) is 24.3. The predicted octanol–water partition coefficient (Wildman–Crippen LogP) is 2.96. The number of hydrogen-bond donors (Lipinski definition) is 2. The Morgan fingerprint density at radius 2 is 1.75 bits per heavy atom. The molecular formula is C19H24N2O3. The fraction of sp³-hybridized carbons (Fsp3) is 0.368. The van der Waals surface area contributed by atoms with Crippen LogP contribution in [0.1, 0.15) is 42.3 Å². The third-order valence-electron chi connectivity index (χ3n) is 4.11. The molecule has 2 aromatic rings. The Bertz CT molecular complexity index is 638. The molecule has 0 aliphatic rings. The van der Waals surface area contributed by atoms with Crippen molar-refractivity contribution in [2.45, 2.75) is 26.2 Å². The van der Waals surface area contributed by atoms with Gasteiger partial charge in [0.15, 0.2) is 5.76 Å². The van der Waals surface area contributed by atoms with Crippen LogP contribution in [-0.2, 0) is 4.79 Å². The average molecular weight is 328 g/mol. The van der Waals surface area contributed by atoms with E-state index in [-0.39, 0.29) is 29.4 Å². The fourth-order valence-electron chi connectivity index (χ4n) is 2.60. The molecular weight excluding hydrogens is 304 g/mol. The van der Waals surface area contributed by atoms with Gasteiger partial charge in [0, 0.05) is 13.1 Å². The molecule has 0 radical (unpaired) electrons. The molecule has 2 rings (SSSR count). The molecule has 0 saturated carbocycles. The molecule has 0 saturated heterocycles. The molecule has 2 atom stereocenters. The van der Waals surface area contributed by atoms with Crippen molar-refractivity contribution < 1.29 is 14.0 Å². The number of carbonyl (C=O) groups is 2. The average Bonchev–Trinajstić information content (AvgIpc) is 3.14. The van der Waals surface area contributed by atoms with E-state index in [1.807, 2.05) is 30.3 Å². The van der Waals surface area contributed by atoms with Gasteiger partial charge in [0.1, 0.15) is 0 Å². The minimum atomic E-state index is -0.282. The molecule has 5 nitrogen and oxygen atoms in total. The lowest BCUT2D eigenvalue weighted by Gasteiger charge is -2.22.